The molecule has 0 spiro atoms. The van der Waals surface area contributed by atoms with Gasteiger partial charge in [-0.05, 0) is 12.1 Å². The van der Waals surface area contributed by atoms with Crippen LogP contribution < -0.4 is 0 Å². The monoisotopic (exact) mass is 521 g/mol. The summed E-state index contributed by atoms with van der Waals surface area (Å²) in [4.78, 5) is 25.6. The number of nitrogens with zero attached hydrogens (tertiary/aromatic N) is 1. The summed E-state index contributed by atoms with van der Waals surface area (Å²) in [5.41, 5.74) is 0.909. The highest BCUT2D eigenvalue weighted by Crippen LogP contribution is 2.21. The van der Waals surface area contributed by atoms with Crippen molar-refractivity contribution in [1.82, 2.24) is 4.90 Å². The highest BCUT2D eigenvalue weighted by molar-refractivity contribution is 14.1. The molecule has 2 rings (SSSR count). The summed E-state index contributed by atoms with van der Waals surface area (Å²) in [5, 5.41) is 0. The van der Waals surface area contributed by atoms with Gasteiger partial charge in [-0.25, -0.2) is 0 Å². The van der Waals surface area contributed by atoms with E-state index in [0.717, 1.165) is 11.0 Å². The van der Waals surface area contributed by atoms with Crippen LogP contribution in [0.25, 0.3) is 0 Å². The Morgan fingerprint density at radius 1 is 0.621 bits per heavy atom. The number of imide groups is 1. The number of halogens is 1. The van der Waals surface area contributed by atoms with Gasteiger partial charge in [-0.2, -0.15) is 0 Å². The standard InChI is InChI=1S/C20H28INO7/c21-5-7-25-9-11-27-13-15-29-16-14-28-12-10-26-8-6-22-19(23)17-3-1-2-4-18(17)20(22)24/h1-4H,5-16H2. The molecule has 0 fully saturated rings. The maximum Gasteiger partial charge on any atom is 0.261 e. The molecule has 1 aromatic rings. The molecule has 162 valence electrons. The average molecular weight is 521 g/mol. The molecule has 0 bridgehead atoms. The van der Waals surface area contributed by atoms with Crippen LogP contribution in [0.15, 0.2) is 24.3 Å². The van der Waals surface area contributed by atoms with Crippen molar-refractivity contribution in [2.24, 2.45) is 0 Å². The summed E-state index contributed by atoms with van der Waals surface area (Å²) in [5.74, 6) is -0.528. The van der Waals surface area contributed by atoms with Crippen molar-refractivity contribution in [3.63, 3.8) is 0 Å². The number of ether oxygens (including phenoxy) is 5. The topological polar surface area (TPSA) is 83.5 Å². The highest BCUT2D eigenvalue weighted by atomic mass is 127. The van der Waals surface area contributed by atoms with Gasteiger partial charge in [0.2, 0.25) is 0 Å². The van der Waals surface area contributed by atoms with Crippen molar-refractivity contribution in [2.45, 2.75) is 0 Å². The lowest BCUT2D eigenvalue weighted by molar-refractivity contribution is -0.0108. The van der Waals surface area contributed by atoms with Gasteiger partial charge in [-0.3, -0.25) is 14.5 Å². The molecule has 0 atom stereocenters. The number of carbonyl (C=O) groups excluding carboxylic acids is 2. The smallest absolute Gasteiger partial charge is 0.261 e. The minimum atomic E-state index is -0.264. The molecule has 0 N–H and O–H groups in total. The quantitative estimate of drug-likeness (QED) is 0.134. The summed E-state index contributed by atoms with van der Waals surface area (Å²) in [7, 11) is 0. The van der Waals surface area contributed by atoms with Crippen LogP contribution in [-0.4, -0.2) is 93.8 Å². The number of alkyl halides is 1. The van der Waals surface area contributed by atoms with E-state index in [1.807, 2.05) is 0 Å². The molecular weight excluding hydrogens is 493 g/mol. The minimum Gasteiger partial charge on any atom is -0.378 e. The van der Waals surface area contributed by atoms with Crippen molar-refractivity contribution >= 4 is 34.4 Å². The number of rotatable bonds is 17. The zero-order valence-corrected chi connectivity index (χ0v) is 18.6. The van der Waals surface area contributed by atoms with E-state index in [1.54, 1.807) is 24.3 Å². The molecule has 2 amide bonds. The minimum absolute atomic E-state index is 0.235. The summed E-state index contributed by atoms with van der Waals surface area (Å²) >= 11 is 2.26. The van der Waals surface area contributed by atoms with Crippen LogP contribution in [0.4, 0.5) is 0 Å². The summed E-state index contributed by atoms with van der Waals surface area (Å²) in [6, 6.07) is 6.84. The fraction of sp³-hybridized carbons (Fsp3) is 0.600. The second kappa shape index (κ2) is 14.8. The summed E-state index contributed by atoms with van der Waals surface area (Å²) < 4.78 is 27.9. The molecule has 0 radical (unpaired) electrons. The van der Waals surface area contributed by atoms with E-state index >= 15 is 0 Å². The van der Waals surface area contributed by atoms with E-state index in [1.165, 1.54) is 4.90 Å². The third-order valence-corrected chi connectivity index (χ3v) is 4.49. The molecule has 29 heavy (non-hydrogen) atoms. The Morgan fingerprint density at radius 3 is 1.41 bits per heavy atom. The lowest BCUT2D eigenvalue weighted by Crippen LogP contribution is -2.33. The van der Waals surface area contributed by atoms with E-state index < -0.39 is 0 Å². The second-order valence-corrected chi connectivity index (χ2v) is 7.14. The van der Waals surface area contributed by atoms with Gasteiger partial charge in [-0.15, -0.1) is 0 Å². The van der Waals surface area contributed by atoms with Crippen molar-refractivity contribution in [1.29, 1.82) is 0 Å². The predicted molar refractivity (Wildman–Crippen MR) is 115 cm³/mol. The molecule has 8 nitrogen and oxygen atoms in total. The molecular formula is C20H28INO7. The number of hydrogen-bond acceptors (Lipinski definition) is 7. The maximum absolute atomic E-state index is 12.2. The Balaban J connectivity index is 1.37. The lowest BCUT2D eigenvalue weighted by Gasteiger charge is -2.13. The van der Waals surface area contributed by atoms with Crippen LogP contribution in [0.2, 0.25) is 0 Å². The zero-order valence-electron chi connectivity index (χ0n) is 16.5. The van der Waals surface area contributed by atoms with E-state index in [0.29, 0.717) is 64.0 Å². The summed E-state index contributed by atoms with van der Waals surface area (Å²) in [6.07, 6.45) is 0. The Hall–Kier alpha value is -1.11. The van der Waals surface area contributed by atoms with Gasteiger partial charge in [0, 0.05) is 4.43 Å². The summed E-state index contributed by atoms with van der Waals surface area (Å²) in [6.45, 7) is 5.30. The lowest BCUT2D eigenvalue weighted by atomic mass is 10.1. The third-order valence-electron chi connectivity index (χ3n) is 4.05. The van der Waals surface area contributed by atoms with E-state index in [-0.39, 0.29) is 25.0 Å². The number of fused-ring (bicyclic) bond motifs is 1. The van der Waals surface area contributed by atoms with Gasteiger partial charge >= 0.3 is 0 Å². The molecule has 1 heterocycles. The molecule has 0 unspecified atom stereocenters. The van der Waals surface area contributed by atoms with Gasteiger partial charge in [0.25, 0.3) is 11.8 Å². The van der Waals surface area contributed by atoms with Crippen LogP contribution in [0.5, 0.6) is 0 Å². The van der Waals surface area contributed by atoms with Gasteiger partial charge in [-0.1, -0.05) is 34.7 Å². The zero-order chi connectivity index (χ0) is 20.7. The van der Waals surface area contributed by atoms with E-state index in [9.17, 15) is 9.59 Å². The molecule has 1 aliphatic heterocycles. The molecule has 0 aliphatic carbocycles. The van der Waals surface area contributed by atoms with Crippen molar-refractivity contribution in [2.75, 3.05) is 77.0 Å². The number of hydrogen-bond donors (Lipinski definition) is 0. The SMILES string of the molecule is O=C1c2ccccc2C(=O)N1CCOCCOCCOCCOCCOCCI. The predicted octanol–water partition coefficient (Wildman–Crippen LogP) is 1.80. The van der Waals surface area contributed by atoms with Crippen LogP contribution >= 0.6 is 22.6 Å². The second-order valence-electron chi connectivity index (χ2n) is 6.06. The fourth-order valence-corrected chi connectivity index (χ4v) is 2.95. The first kappa shape index (κ1) is 24.2. The number of carbonyl (C=O) groups is 2. The molecule has 1 aromatic carbocycles. The molecule has 0 saturated carbocycles. The van der Waals surface area contributed by atoms with Gasteiger partial charge < -0.3 is 23.7 Å². The fourth-order valence-electron chi connectivity index (χ4n) is 2.63. The van der Waals surface area contributed by atoms with Crippen LogP contribution in [-0.2, 0) is 23.7 Å². The average Bonchev–Trinajstić information content (AvgIpc) is 2.98. The van der Waals surface area contributed by atoms with E-state index in [2.05, 4.69) is 22.6 Å². The first-order valence-electron chi connectivity index (χ1n) is 9.65. The van der Waals surface area contributed by atoms with Crippen LogP contribution in [0, 0.1) is 0 Å². The number of benzene rings is 1. The highest BCUT2D eigenvalue weighted by Gasteiger charge is 2.34. The Kier molecular flexibility index (Phi) is 12.3. The first-order valence-corrected chi connectivity index (χ1v) is 11.2. The van der Waals surface area contributed by atoms with Crippen LogP contribution in [0.1, 0.15) is 20.7 Å². The molecule has 0 saturated heterocycles. The molecule has 0 aromatic heterocycles. The van der Waals surface area contributed by atoms with Crippen molar-refractivity contribution in [3.05, 3.63) is 35.4 Å². The number of amides is 2. The van der Waals surface area contributed by atoms with Gasteiger partial charge in [0.1, 0.15) is 0 Å². The Bertz CT molecular complexity index is 594. The molecule has 1 aliphatic rings. The van der Waals surface area contributed by atoms with Gasteiger partial charge in [0.05, 0.1) is 83.7 Å². The van der Waals surface area contributed by atoms with Crippen LogP contribution in [0.3, 0.4) is 0 Å². The molecule has 9 heteroatoms. The van der Waals surface area contributed by atoms with Gasteiger partial charge in [0.15, 0.2) is 0 Å². The normalized spacial score (nSPS) is 13.3. The Morgan fingerprint density at radius 2 is 1.00 bits per heavy atom. The van der Waals surface area contributed by atoms with Crippen molar-refractivity contribution < 1.29 is 33.3 Å². The Labute approximate surface area is 184 Å². The van der Waals surface area contributed by atoms with Crippen molar-refractivity contribution in [3.8, 4) is 0 Å². The maximum atomic E-state index is 12.2. The largest absolute Gasteiger partial charge is 0.378 e. The third kappa shape index (κ3) is 8.65. The van der Waals surface area contributed by atoms with E-state index in [4.69, 9.17) is 23.7 Å². The first-order chi connectivity index (χ1) is 14.3.